The van der Waals surface area contributed by atoms with Gasteiger partial charge in [-0.05, 0) is 37.3 Å². The maximum Gasteiger partial charge on any atom is 0.350 e. The Balaban J connectivity index is 1.95. The molecule has 1 saturated heterocycles. The van der Waals surface area contributed by atoms with Crippen LogP contribution in [-0.2, 0) is 9.53 Å². The van der Waals surface area contributed by atoms with E-state index >= 15 is 0 Å². The third kappa shape index (κ3) is 4.28. The lowest BCUT2D eigenvalue weighted by Gasteiger charge is -2.34. The van der Waals surface area contributed by atoms with Gasteiger partial charge in [0.15, 0.2) is 0 Å². The molecule has 1 amide bonds. The Bertz CT molecular complexity index is 515. The first-order chi connectivity index (χ1) is 10.7. The number of ether oxygens (including phenoxy) is 1. The molecule has 1 atom stereocenters. The molecule has 2 rings (SSSR count). The Morgan fingerprint density at radius 2 is 2.32 bits per heavy atom. The highest BCUT2D eigenvalue weighted by molar-refractivity contribution is 7.12. The lowest BCUT2D eigenvalue weighted by Crippen LogP contribution is -2.44. The molecule has 1 unspecified atom stereocenters. The summed E-state index contributed by atoms with van der Waals surface area (Å²) in [6, 6.07) is 1.96. The van der Waals surface area contributed by atoms with E-state index in [0.717, 1.165) is 25.8 Å². The van der Waals surface area contributed by atoms with Crippen LogP contribution >= 0.6 is 11.3 Å². The number of carbonyl (C=O) groups is 2. The van der Waals surface area contributed by atoms with Gasteiger partial charge in [-0.25, -0.2) is 4.79 Å². The summed E-state index contributed by atoms with van der Waals surface area (Å²) in [5, 5.41) is 13.7. The molecule has 1 aliphatic heterocycles. The Kier molecular flexibility index (Phi) is 6.35. The Hall–Kier alpha value is -1.44. The summed E-state index contributed by atoms with van der Waals surface area (Å²) < 4.78 is 4.70. The van der Waals surface area contributed by atoms with Crippen molar-refractivity contribution in [3.63, 3.8) is 0 Å². The van der Waals surface area contributed by atoms with Crippen LogP contribution in [0.3, 0.4) is 0 Å². The molecule has 7 heteroatoms. The Morgan fingerprint density at radius 3 is 3.05 bits per heavy atom. The van der Waals surface area contributed by atoms with Crippen molar-refractivity contribution in [2.24, 2.45) is 0 Å². The maximum atomic E-state index is 12.2. The van der Waals surface area contributed by atoms with Crippen molar-refractivity contribution in [3.8, 4) is 0 Å². The monoisotopic (exact) mass is 326 g/mol. The molecule has 22 heavy (non-hydrogen) atoms. The van der Waals surface area contributed by atoms with Crippen LogP contribution in [0.15, 0.2) is 11.4 Å². The SMILES string of the molecule is COC(=O)c1sccc1NC(=O)CN1CCCCC1CCO. The number of aliphatic hydroxyl groups excluding tert-OH is 1. The highest BCUT2D eigenvalue weighted by Gasteiger charge is 2.24. The summed E-state index contributed by atoms with van der Waals surface area (Å²) in [5.41, 5.74) is 0.498. The van der Waals surface area contributed by atoms with Gasteiger partial charge in [-0.15, -0.1) is 11.3 Å². The zero-order valence-corrected chi connectivity index (χ0v) is 13.5. The summed E-state index contributed by atoms with van der Waals surface area (Å²) in [7, 11) is 1.32. The third-order valence-electron chi connectivity index (χ3n) is 3.87. The van der Waals surface area contributed by atoms with E-state index < -0.39 is 5.97 Å². The van der Waals surface area contributed by atoms with E-state index in [1.807, 2.05) is 0 Å². The molecule has 0 radical (unpaired) electrons. The molecule has 0 spiro atoms. The highest BCUT2D eigenvalue weighted by atomic mass is 32.1. The number of carbonyl (C=O) groups excluding carboxylic acids is 2. The lowest BCUT2D eigenvalue weighted by molar-refractivity contribution is -0.118. The van der Waals surface area contributed by atoms with Gasteiger partial charge in [0, 0.05) is 12.6 Å². The molecule has 6 nitrogen and oxygen atoms in total. The molecule has 2 heterocycles. The molecule has 1 aromatic rings. The molecule has 1 aliphatic rings. The van der Waals surface area contributed by atoms with Crippen LogP contribution in [0.4, 0.5) is 5.69 Å². The fraction of sp³-hybridized carbons (Fsp3) is 0.600. The topological polar surface area (TPSA) is 78.9 Å². The van der Waals surface area contributed by atoms with Gasteiger partial charge in [-0.2, -0.15) is 0 Å². The molecule has 2 N–H and O–H groups in total. The van der Waals surface area contributed by atoms with Crippen LogP contribution in [0.25, 0.3) is 0 Å². The van der Waals surface area contributed by atoms with Crippen molar-refractivity contribution < 1.29 is 19.4 Å². The van der Waals surface area contributed by atoms with E-state index in [-0.39, 0.29) is 25.1 Å². The summed E-state index contributed by atoms with van der Waals surface area (Å²) in [4.78, 5) is 26.3. The number of rotatable bonds is 6. The molecule has 0 bridgehead atoms. The van der Waals surface area contributed by atoms with Gasteiger partial charge < -0.3 is 15.2 Å². The van der Waals surface area contributed by atoms with Gasteiger partial charge in [0.25, 0.3) is 0 Å². The average molecular weight is 326 g/mol. The molecular formula is C15H22N2O4S. The first-order valence-electron chi connectivity index (χ1n) is 7.46. The highest BCUT2D eigenvalue weighted by Crippen LogP contribution is 2.24. The van der Waals surface area contributed by atoms with Crippen LogP contribution in [-0.4, -0.2) is 54.7 Å². The molecule has 0 aliphatic carbocycles. The smallest absolute Gasteiger partial charge is 0.350 e. The predicted molar refractivity (Wildman–Crippen MR) is 85.2 cm³/mol. The summed E-state index contributed by atoms with van der Waals surface area (Å²) in [5.74, 6) is -0.588. The number of thiophene rings is 1. The average Bonchev–Trinajstić information content (AvgIpc) is 2.96. The third-order valence-corrected chi connectivity index (χ3v) is 4.76. The zero-order valence-electron chi connectivity index (χ0n) is 12.7. The Labute approximate surface area is 134 Å². The molecular weight excluding hydrogens is 304 g/mol. The van der Waals surface area contributed by atoms with Crippen LogP contribution < -0.4 is 5.32 Å². The number of amides is 1. The van der Waals surface area contributed by atoms with Crippen molar-refractivity contribution in [2.45, 2.75) is 31.7 Å². The Morgan fingerprint density at radius 1 is 1.50 bits per heavy atom. The van der Waals surface area contributed by atoms with Gasteiger partial charge in [0.05, 0.1) is 19.3 Å². The van der Waals surface area contributed by atoms with Crippen molar-refractivity contribution in [1.29, 1.82) is 0 Å². The number of esters is 1. The number of likely N-dealkylation sites (tertiary alicyclic amines) is 1. The zero-order chi connectivity index (χ0) is 15.9. The standard InChI is InChI=1S/C15H22N2O4S/c1-21-15(20)14-12(6-9-22-14)16-13(19)10-17-7-3-2-4-11(17)5-8-18/h6,9,11,18H,2-5,7-8,10H2,1H3,(H,16,19). The van der Waals surface area contributed by atoms with Gasteiger partial charge in [-0.3, -0.25) is 9.69 Å². The van der Waals surface area contributed by atoms with Gasteiger partial charge in [-0.1, -0.05) is 6.42 Å². The largest absolute Gasteiger partial charge is 0.465 e. The van der Waals surface area contributed by atoms with Crippen LogP contribution in [0.2, 0.25) is 0 Å². The van der Waals surface area contributed by atoms with E-state index in [0.29, 0.717) is 17.0 Å². The molecule has 0 saturated carbocycles. The van der Waals surface area contributed by atoms with Gasteiger partial charge in [0.1, 0.15) is 4.88 Å². The molecule has 1 fully saturated rings. The van der Waals surface area contributed by atoms with Crippen LogP contribution in [0.5, 0.6) is 0 Å². The normalized spacial score (nSPS) is 18.9. The fourth-order valence-corrected chi connectivity index (χ4v) is 3.54. The van der Waals surface area contributed by atoms with E-state index in [1.54, 1.807) is 11.4 Å². The lowest BCUT2D eigenvalue weighted by atomic mass is 10.00. The number of hydrogen-bond donors (Lipinski definition) is 2. The number of methoxy groups -OCH3 is 1. The van der Waals surface area contributed by atoms with E-state index in [9.17, 15) is 9.59 Å². The minimum Gasteiger partial charge on any atom is -0.465 e. The number of nitrogens with one attached hydrogen (secondary N) is 1. The van der Waals surface area contributed by atoms with Crippen LogP contribution in [0.1, 0.15) is 35.4 Å². The first kappa shape index (κ1) is 16.9. The number of piperidine rings is 1. The van der Waals surface area contributed by atoms with Crippen molar-refractivity contribution in [1.82, 2.24) is 4.90 Å². The van der Waals surface area contributed by atoms with Crippen LogP contribution in [0, 0.1) is 0 Å². The number of nitrogens with zero attached hydrogens (tertiary/aromatic N) is 1. The van der Waals surface area contributed by atoms with E-state index in [4.69, 9.17) is 9.84 Å². The minimum atomic E-state index is -0.443. The summed E-state index contributed by atoms with van der Waals surface area (Å²) in [6.45, 7) is 1.28. The van der Waals surface area contributed by atoms with Gasteiger partial charge >= 0.3 is 5.97 Å². The van der Waals surface area contributed by atoms with E-state index in [2.05, 4.69) is 10.2 Å². The predicted octanol–water partition coefficient (Wildman–Crippen LogP) is 1.71. The number of hydrogen-bond acceptors (Lipinski definition) is 6. The number of anilines is 1. The second kappa shape index (κ2) is 8.26. The van der Waals surface area contributed by atoms with Crippen molar-refractivity contribution >= 4 is 28.9 Å². The second-order valence-corrected chi connectivity index (χ2v) is 6.25. The summed E-state index contributed by atoms with van der Waals surface area (Å²) >= 11 is 1.24. The van der Waals surface area contributed by atoms with Gasteiger partial charge in [0.2, 0.25) is 5.91 Å². The maximum absolute atomic E-state index is 12.2. The van der Waals surface area contributed by atoms with Crippen molar-refractivity contribution in [2.75, 3.05) is 32.1 Å². The van der Waals surface area contributed by atoms with Crippen molar-refractivity contribution in [3.05, 3.63) is 16.3 Å². The fourth-order valence-electron chi connectivity index (χ4n) is 2.78. The second-order valence-electron chi connectivity index (χ2n) is 5.34. The quantitative estimate of drug-likeness (QED) is 0.778. The van der Waals surface area contributed by atoms with E-state index in [1.165, 1.54) is 18.4 Å². The number of aliphatic hydroxyl groups is 1. The minimum absolute atomic E-state index is 0.139. The first-order valence-corrected chi connectivity index (χ1v) is 8.34. The molecule has 1 aromatic heterocycles. The molecule has 122 valence electrons. The molecule has 0 aromatic carbocycles. The summed E-state index contributed by atoms with van der Waals surface area (Å²) in [6.07, 6.45) is 3.92.